The Bertz CT molecular complexity index is 308. The third-order valence-electron chi connectivity index (χ3n) is 2.83. The van der Waals surface area contributed by atoms with Crippen molar-refractivity contribution in [3.8, 4) is 0 Å². The van der Waals surface area contributed by atoms with E-state index in [-0.39, 0.29) is 5.41 Å². The molecule has 0 saturated carbocycles. The van der Waals surface area contributed by atoms with Gasteiger partial charge in [-0.05, 0) is 37.2 Å². The van der Waals surface area contributed by atoms with Crippen molar-refractivity contribution in [1.29, 1.82) is 0 Å². The van der Waals surface area contributed by atoms with Gasteiger partial charge in [-0.1, -0.05) is 27.7 Å². The average molecular weight is 208 g/mol. The van der Waals surface area contributed by atoms with Crippen molar-refractivity contribution in [2.24, 2.45) is 5.92 Å². The molecule has 0 radical (unpaired) electrons. The van der Waals surface area contributed by atoms with Gasteiger partial charge in [0, 0.05) is 12.2 Å². The molecule has 0 fully saturated rings. The summed E-state index contributed by atoms with van der Waals surface area (Å²) < 4.78 is 2.04. The molecule has 86 valence electrons. The molecule has 1 aromatic heterocycles. The Morgan fingerprint density at radius 1 is 1.27 bits per heavy atom. The highest BCUT2D eigenvalue weighted by Crippen LogP contribution is 2.30. The van der Waals surface area contributed by atoms with E-state index in [1.54, 1.807) is 0 Å². The lowest BCUT2D eigenvalue weighted by atomic mass is 9.79. The van der Waals surface area contributed by atoms with E-state index in [1.807, 2.05) is 10.9 Å². The fourth-order valence-electron chi connectivity index (χ4n) is 2.11. The Labute approximate surface area is 93.7 Å². The maximum absolute atomic E-state index is 4.41. The van der Waals surface area contributed by atoms with Crippen molar-refractivity contribution in [1.82, 2.24) is 9.78 Å². The minimum Gasteiger partial charge on any atom is -0.270 e. The first-order valence-corrected chi connectivity index (χ1v) is 5.87. The highest BCUT2D eigenvalue weighted by atomic mass is 15.3. The van der Waals surface area contributed by atoms with Gasteiger partial charge in [0.15, 0.2) is 0 Å². The Kier molecular flexibility index (Phi) is 3.58. The molecule has 0 aliphatic rings. The molecular formula is C13H24N2. The van der Waals surface area contributed by atoms with Gasteiger partial charge in [0.2, 0.25) is 0 Å². The molecule has 1 heterocycles. The SMILES string of the molecule is CC(C)CC(C)(C)c1cnn(C(C)C)c1. The van der Waals surface area contributed by atoms with Gasteiger partial charge in [-0.15, -0.1) is 0 Å². The topological polar surface area (TPSA) is 17.8 Å². The van der Waals surface area contributed by atoms with Crippen LogP contribution in [-0.2, 0) is 5.41 Å². The molecule has 0 aliphatic heterocycles. The van der Waals surface area contributed by atoms with Gasteiger partial charge in [0.1, 0.15) is 0 Å². The van der Waals surface area contributed by atoms with Crippen LogP contribution in [0, 0.1) is 5.92 Å². The largest absolute Gasteiger partial charge is 0.270 e. The number of aromatic nitrogens is 2. The van der Waals surface area contributed by atoms with Crippen LogP contribution in [0.15, 0.2) is 12.4 Å². The quantitative estimate of drug-likeness (QED) is 0.736. The second-order valence-corrected chi connectivity index (χ2v) is 5.78. The molecule has 2 nitrogen and oxygen atoms in total. The number of hydrogen-bond acceptors (Lipinski definition) is 1. The zero-order valence-electron chi connectivity index (χ0n) is 10.9. The normalized spacial score (nSPS) is 12.8. The summed E-state index contributed by atoms with van der Waals surface area (Å²) >= 11 is 0. The molecule has 0 amide bonds. The lowest BCUT2D eigenvalue weighted by Crippen LogP contribution is -2.19. The van der Waals surface area contributed by atoms with Crippen LogP contribution < -0.4 is 0 Å². The molecule has 1 rings (SSSR count). The summed E-state index contributed by atoms with van der Waals surface area (Å²) in [4.78, 5) is 0. The van der Waals surface area contributed by atoms with Crippen molar-refractivity contribution in [3.63, 3.8) is 0 Å². The molecular weight excluding hydrogens is 184 g/mol. The van der Waals surface area contributed by atoms with Crippen LogP contribution in [0.25, 0.3) is 0 Å². The fraction of sp³-hybridized carbons (Fsp3) is 0.769. The zero-order valence-corrected chi connectivity index (χ0v) is 10.9. The first kappa shape index (κ1) is 12.3. The van der Waals surface area contributed by atoms with Crippen LogP contribution in [0.4, 0.5) is 0 Å². The standard InChI is InChI=1S/C13H24N2/c1-10(2)7-13(5,6)12-8-14-15(9-12)11(3)4/h8-11H,7H2,1-6H3. The third-order valence-corrected chi connectivity index (χ3v) is 2.83. The van der Waals surface area contributed by atoms with Crippen LogP contribution in [0.1, 0.15) is 59.6 Å². The number of nitrogens with zero attached hydrogens (tertiary/aromatic N) is 2. The second kappa shape index (κ2) is 4.38. The minimum atomic E-state index is 0.237. The minimum absolute atomic E-state index is 0.237. The fourth-order valence-corrected chi connectivity index (χ4v) is 2.11. The van der Waals surface area contributed by atoms with Crippen LogP contribution in [-0.4, -0.2) is 9.78 Å². The van der Waals surface area contributed by atoms with Crippen LogP contribution in [0.2, 0.25) is 0 Å². The van der Waals surface area contributed by atoms with Crippen LogP contribution >= 0.6 is 0 Å². The van der Waals surface area contributed by atoms with E-state index in [9.17, 15) is 0 Å². The summed E-state index contributed by atoms with van der Waals surface area (Å²) in [6, 6.07) is 0.452. The van der Waals surface area contributed by atoms with Gasteiger partial charge in [-0.25, -0.2) is 0 Å². The van der Waals surface area contributed by atoms with E-state index >= 15 is 0 Å². The lowest BCUT2D eigenvalue weighted by molar-refractivity contribution is 0.399. The summed E-state index contributed by atoms with van der Waals surface area (Å²) in [7, 11) is 0. The van der Waals surface area contributed by atoms with E-state index in [0.29, 0.717) is 6.04 Å². The highest BCUT2D eigenvalue weighted by Gasteiger charge is 2.23. The first-order valence-electron chi connectivity index (χ1n) is 5.87. The van der Waals surface area contributed by atoms with Crippen molar-refractivity contribution in [2.45, 2.75) is 59.4 Å². The van der Waals surface area contributed by atoms with Crippen molar-refractivity contribution in [2.75, 3.05) is 0 Å². The van der Waals surface area contributed by atoms with Crippen molar-refractivity contribution < 1.29 is 0 Å². The molecule has 0 aliphatic carbocycles. The van der Waals surface area contributed by atoms with E-state index in [1.165, 1.54) is 12.0 Å². The Hall–Kier alpha value is -0.790. The van der Waals surface area contributed by atoms with Gasteiger partial charge >= 0.3 is 0 Å². The molecule has 0 N–H and O–H groups in total. The molecule has 1 aromatic rings. The predicted octanol–water partition coefficient (Wildman–Crippen LogP) is 3.79. The van der Waals surface area contributed by atoms with Gasteiger partial charge in [-0.3, -0.25) is 4.68 Å². The lowest BCUT2D eigenvalue weighted by Gasteiger charge is -2.25. The first-order chi connectivity index (χ1) is 6.83. The molecule has 0 spiro atoms. The summed E-state index contributed by atoms with van der Waals surface area (Å²) in [6.07, 6.45) is 5.41. The average Bonchev–Trinajstić information content (AvgIpc) is 2.48. The van der Waals surface area contributed by atoms with Gasteiger partial charge in [0.25, 0.3) is 0 Å². The molecule has 0 bridgehead atoms. The third kappa shape index (κ3) is 3.08. The molecule has 0 saturated heterocycles. The maximum Gasteiger partial charge on any atom is 0.0527 e. The summed E-state index contributed by atoms with van der Waals surface area (Å²) in [5, 5.41) is 4.41. The molecule has 15 heavy (non-hydrogen) atoms. The van der Waals surface area contributed by atoms with Crippen LogP contribution in [0.5, 0.6) is 0 Å². The smallest absolute Gasteiger partial charge is 0.0527 e. The van der Waals surface area contributed by atoms with Crippen molar-refractivity contribution >= 4 is 0 Å². The van der Waals surface area contributed by atoms with E-state index < -0.39 is 0 Å². The van der Waals surface area contributed by atoms with Crippen molar-refractivity contribution in [3.05, 3.63) is 18.0 Å². The number of rotatable bonds is 4. The summed E-state index contributed by atoms with van der Waals surface area (Å²) in [5.74, 6) is 0.724. The van der Waals surface area contributed by atoms with Gasteiger partial charge < -0.3 is 0 Å². The molecule has 0 aromatic carbocycles. The zero-order chi connectivity index (χ0) is 11.6. The number of hydrogen-bond donors (Lipinski definition) is 0. The molecule has 0 atom stereocenters. The van der Waals surface area contributed by atoms with E-state index in [0.717, 1.165) is 5.92 Å². The summed E-state index contributed by atoms with van der Waals surface area (Å²) in [5.41, 5.74) is 1.59. The Balaban J connectivity index is 2.85. The van der Waals surface area contributed by atoms with Gasteiger partial charge in [0.05, 0.1) is 6.20 Å². The van der Waals surface area contributed by atoms with Gasteiger partial charge in [-0.2, -0.15) is 5.10 Å². The Morgan fingerprint density at radius 2 is 1.87 bits per heavy atom. The predicted molar refractivity (Wildman–Crippen MR) is 65.1 cm³/mol. The van der Waals surface area contributed by atoms with E-state index in [2.05, 4.69) is 52.8 Å². The monoisotopic (exact) mass is 208 g/mol. The Morgan fingerprint density at radius 3 is 2.27 bits per heavy atom. The highest BCUT2D eigenvalue weighted by molar-refractivity contribution is 5.17. The maximum atomic E-state index is 4.41. The second-order valence-electron chi connectivity index (χ2n) is 5.78. The molecule has 2 heteroatoms. The van der Waals surface area contributed by atoms with E-state index in [4.69, 9.17) is 0 Å². The summed E-state index contributed by atoms with van der Waals surface area (Å²) in [6.45, 7) is 13.5. The molecule has 0 unspecified atom stereocenters. The van der Waals surface area contributed by atoms with Crippen LogP contribution in [0.3, 0.4) is 0 Å².